The van der Waals surface area contributed by atoms with Crippen molar-refractivity contribution in [3.63, 3.8) is 0 Å². The molecule has 0 saturated carbocycles. The molecule has 0 radical (unpaired) electrons. The quantitative estimate of drug-likeness (QED) is 0.205. The monoisotopic (exact) mass is 366 g/mol. The van der Waals surface area contributed by atoms with Gasteiger partial charge in [0.2, 0.25) is 0 Å². The van der Waals surface area contributed by atoms with Gasteiger partial charge in [-0.25, -0.2) is 9.59 Å². The lowest BCUT2D eigenvalue weighted by Gasteiger charge is -2.11. The fraction of sp³-hybridized carbons (Fsp3) is 0.217. The van der Waals surface area contributed by atoms with E-state index in [9.17, 15) is 9.59 Å². The molecule has 0 bridgehead atoms. The molecule has 0 heterocycles. The number of aryl methyl sites for hydroxylation is 1. The van der Waals surface area contributed by atoms with E-state index in [-0.39, 0.29) is 5.76 Å². The Labute approximate surface area is 161 Å². The van der Waals surface area contributed by atoms with Gasteiger partial charge in [-0.2, -0.15) is 0 Å². The van der Waals surface area contributed by atoms with Crippen LogP contribution in [0.4, 0.5) is 0 Å². The SMILES string of the molecule is C=C(/C=C\C(=C/C)c1ccc(OC(=O)C(=C)C)c(CC)c1)OC(=O)C(=C)C. The maximum Gasteiger partial charge on any atom is 0.338 e. The number of carbonyl (C=O) groups is 2. The summed E-state index contributed by atoms with van der Waals surface area (Å²) in [5, 5.41) is 0. The summed E-state index contributed by atoms with van der Waals surface area (Å²) in [6, 6.07) is 5.59. The molecule has 4 nitrogen and oxygen atoms in total. The number of hydrogen-bond acceptors (Lipinski definition) is 4. The molecule has 0 atom stereocenters. The van der Waals surface area contributed by atoms with Crippen LogP contribution < -0.4 is 4.74 Å². The van der Waals surface area contributed by atoms with Gasteiger partial charge >= 0.3 is 11.9 Å². The third-order valence-electron chi connectivity index (χ3n) is 3.66. The van der Waals surface area contributed by atoms with Gasteiger partial charge in [-0.1, -0.05) is 44.9 Å². The zero-order chi connectivity index (χ0) is 20.6. The van der Waals surface area contributed by atoms with Crippen molar-refractivity contribution in [1.29, 1.82) is 0 Å². The van der Waals surface area contributed by atoms with Crippen LogP contribution in [-0.2, 0) is 20.7 Å². The van der Waals surface area contributed by atoms with Crippen molar-refractivity contribution >= 4 is 17.5 Å². The molecule has 0 saturated heterocycles. The molecule has 27 heavy (non-hydrogen) atoms. The van der Waals surface area contributed by atoms with Crippen molar-refractivity contribution < 1.29 is 19.1 Å². The van der Waals surface area contributed by atoms with Gasteiger partial charge in [0.05, 0.1) is 0 Å². The largest absolute Gasteiger partial charge is 0.424 e. The Kier molecular flexibility index (Phi) is 8.21. The van der Waals surface area contributed by atoms with Gasteiger partial charge in [-0.05, 0) is 62.1 Å². The molecule has 0 N–H and O–H groups in total. The highest BCUT2D eigenvalue weighted by molar-refractivity contribution is 5.89. The molecule has 1 rings (SSSR count). The maximum absolute atomic E-state index is 11.8. The van der Waals surface area contributed by atoms with Crippen LogP contribution in [0, 0.1) is 0 Å². The van der Waals surface area contributed by atoms with Crippen LogP contribution in [-0.4, -0.2) is 11.9 Å². The first-order valence-corrected chi connectivity index (χ1v) is 8.61. The third-order valence-corrected chi connectivity index (χ3v) is 3.66. The molecule has 0 aliphatic rings. The van der Waals surface area contributed by atoms with Crippen molar-refractivity contribution in [2.45, 2.75) is 34.1 Å². The second-order valence-electron chi connectivity index (χ2n) is 6.06. The zero-order valence-electron chi connectivity index (χ0n) is 16.4. The standard InChI is InChI=1S/C23H26O4/c1-8-18(11-10-17(7)26-22(24)15(3)4)20-12-13-21(19(9-2)14-20)27-23(25)16(5)6/h8,10-14H,3,5,7,9H2,1-2,4,6H3/b11-10-,18-8+. The summed E-state index contributed by atoms with van der Waals surface area (Å²) in [6.45, 7) is 17.9. The maximum atomic E-state index is 11.8. The summed E-state index contributed by atoms with van der Waals surface area (Å²) in [5.74, 6) is -0.207. The fourth-order valence-corrected chi connectivity index (χ4v) is 2.10. The van der Waals surface area contributed by atoms with E-state index < -0.39 is 11.9 Å². The summed E-state index contributed by atoms with van der Waals surface area (Å²) in [7, 11) is 0. The molecule has 142 valence electrons. The van der Waals surface area contributed by atoms with Crippen molar-refractivity contribution in [2.24, 2.45) is 0 Å². The van der Waals surface area contributed by atoms with Crippen LogP contribution in [0.5, 0.6) is 5.75 Å². The Morgan fingerprint density at radius 1 is 1.04 bits per heavy atom. The minimum absolute atomic E-state index is 0.227. The first-order valence-electron chi connectivity index (χ1n) is 8.61. The third kappa shape index (κ3) is 6.59. The normalized spacial score (nSPS) is 11.2. The number of hydrogen-bond donors (Lipinski definition) is 0. The molecule has 0 spiro atoms. The van der Waals surface area contributed by atoms with Crippen molar-refractivity contribution in [3.05, 3.63) is 84.2 Å². The van der Waals surface area contributed by atoms with E-state index in [1.807, 2.05) is 38.1 Å². The Hall–Kier alpha value is -3.14. The number of esters is 2. The summed E-state index contributed by atoms with van der Waals surface area (Å²) in [4.78, 5) is 23.3. The van der Waals surface area contributed by atoms with Gasteiger partial charge in [0.25, 0.3) is 0 Å². The number of benzene rings is 1. The topological polar surface area (TPSA) is 52.6 Å². The first kappa shape index (κ1) is 21.9. The second kappa shape index (κ2) is 10.1. The average Bonchev–Trinajstić information content (AvgIpc) is 2.62. The minimum Gasteiger partial charge on any atom is -0.424 e. The summed E-state index contributed by atoms with van der Waals surface area (Å²) >= 11 is 0. The summed E-state index contributed by atoms with van der Waals surface area (Å²) in [6.07, 6.45) is 6.06. The molecule has 0 aliphatic heterocycles. The minimum atomic E-state index is -0.511. The van der Waals surface area contributed by atoms with Crippen molar-refractivity contribution in [3.8, 4) is 5.75 Å². The molecule has 0 unspecified atom stereocenters. The molecular weight excluding hydrogens is 340 g/mol. The van der Waals surface area contributed by atoms with Gasteiger partial charge in [0, 0.05) is 11.1 Å². The second-order valence-corrected chi connectivity index (χ2v) is 6.06. The summed E-state index contributed by atoms with van der Waals surface area (Å²) in [5.41, 5.74) is 3.42. The Bertz CT molecular complexity index is 838. The van der Waals surface area contributed by atoms with Gasteiger partial charge in [-0.3, -0.25) is 0 Å². The van der Waals surface area contributed by atoms with E-state index in [0.717, 1.165) is 16.7 Å². The molecule has 0 amide bonds. The lowest BCUT2D eigenvalue weighted by Crippen LogP contribution is -2.09. The van der Waals surface area contributed by atoms with Gasteiger partial charge in [-0.15, -0.1) is 0 Å². The number of carbonyl (C=O) groups excluding carboxylic acids is 2. The van der Waals surface area contributed by atoms with Crippen molar-refractivity contribution in [1.82, 2.24) is 0 Å². The van der Waals surface area contributed by atoms with Crippen LogP contribution in [0.1, 0.15) is 38.8 Å². The molecule has 1 aromatic rings. The van der Waals surface area contributed by atoms with Crippen LogP contribution in [0.2, 0.25) is 0 Å². The number of rotatable bonds is 8. The fourth-order valence-electron chi connectivity index (χ4n) is 2.10. The average molecular weight is 366 g/mol. The van der Waals surface area contributed by atoms with E-state index in [4.69, 9.17) is 9.47 Å². The van der Waals surface area contributed by atoms with Crippen LogP contribution in [0.15, 0.2) is 73.1 Å². The molecule has 0 fully saturated rings. The number of ether oxygens (including phenoxy) is 2. The highest BCUT2D eigenvalue weighted by Gasteiger charge is 2.11. The van der Waals surface area contributed by atoms with E-state index in [1.54, 1.807) is 26.0 Å². The molecule has 0 aromatic heterocycles. The van der Waals surface area contributed by atoms with Gasteiger partial charge in [0.15, 0.2) is 0 Å². The van der Waals surface area contributed by atoms with Crippen LogP contribution in [0.25, 0.3) is 5.57 Å². The molecule has 4 heteroatoms. The lowest BCUT2D eigenvalue weighted by molar-refractivity contribution is -0.134. The van der Waals surface area contributed by atoms with E-state index in [1.165, 1.54) is 0 Å². The predicted molar refractivity (Wildman–Crippen MR) is 109 cm³/mol. The molecular formula is C23H26O4. The first-order chi connectivity index (χ1) is 12.7. The predicted octanol–water partition coefficient (Wildman–Crippen LogP) is 5.32. The van der Waals surface area contributed by atoms with E-state index in [2.05, 4.69) is 19.7 Å². The smallest absolute Gasteiger partial charge is 0.338 e. The Morgan fingerprint density at radius 3 is 2.19 bits per heavy atom. The van der Waals surface area contributed by atoms with E-state index in [0.29, 0.717) is 23.3 Å². The molecule has 1 aromatic carbocycles. The van der Waals surface area contributed by atoms with Gasteiger partial charge in [0.1, 0.15) is 11.5 Å². The Balaban J connectivity index is 3.02. The lowest BCUT2D eigenvalue weighted by atomic mass is 10.0. The number of allylic oxidation sites excluding steroid dienone is 4. The summed E-state index contributed by atoms with van der Waals surface area (Å²) < 4.78 is 10.4. The van der Waals surface area contributed by atoms with Crippen LogP contribution in [0.3, 0.4) is 0 Å². The van der Waals surface area contributed by atoms with E-state index >= 15 is 0 Å². The highest BCUT2D eigenvalue weighted by Crippen LogP contribution is 2.26. The van der Waals surface area contributed by atoms with Crippen molar-refractivity contribution in [2.75, 3.05) is 0 Å². The Morgan fingerprint density at radius 2 is 1.67 bits per heavy atom. The van der Waals surface area contributed by atoms with Gasteiger partial charge < -0.3 is 9.47 Å². The molecule has 0 aliphatic carbocycles. The zero-order valence-corrected chi connectivity index (χ0v) is 16.4. The highest BCUT2D eigenvalue weighted by atomic mass is 16.5. The van der Waals surface area contributed by atoms with Crippen LogP contribution >= 0.6 is 0 Å².